The molecule has 0 aliphatic carbocycles. The monoisotopic (exact) mass is 428 g/mol. The molecule has 4 rings (SSSR count). The van der Waals surface area contributed by atoms with Crippen molar-refractivity contribution in [3.63, 3.8) is 0 Å². The van der Waals surface area contributed by atoms with Gasteiger partial charge in [0.15, 0.2) is 5.82 Å². The van der Waals surface area contributed by atoms with Crippen LogP contribution in [0.1, 0.15) is 41.7 Å². The molecule has 0 saturated carbocycles. The average molecular weight is 429 g/mol. The first-order valence-corrected chi connectivity index (χ1v) is 10.4. The molecule has 7 heteroatoms. The van der Waals surface area contributed by atoms with Crippen molar-refractivity contribution in [1.29, 1.82) is 0 Å². The molecule has 1 aliphatic rings. The fourth-order valence-corrected chi connectivity index (χ4v) is 4.21. The van der Waals surface area contributed by atoms with Crippen LogP contribution in [0.3, 0.4) is 0 Å². The number of hydrogen-bond donors (Lipinski definition) is 0. The van der Waals surface area contributed by atoms with Crippen molar-refractivity contribution in [2.45, 2.75) is 38.8 Å². The van der Waals surface area contributed by atoms with Crippen molar-refractivity contribution in [3.8, 4) is 0 Å². The summed E-state index contributed by atoms with van der Waals surface area (Å²) in [5.41, 5.74) is 2.04. The average Bonchev–Trinajstić information content (AvgIpc) is 3.31. The third kappa shape index (κ3) is 4.46. The largest absolute Gasteiger partial charge is 0.332 e. The van der Waals surface area contributed by atoms with Crippen molar-refractivity contribution in [3.05, 3.63) is 81.4 Å². The zero-order valence-corrected chi connectivity index (χ0v) is 17.7. The third-order valence-corrected chi connectivity index (χ3v) is 5.82. The Kier molecular flexibility index (Phi) is 5.88. The van der Waals surface area contributed by atoms with Crippen LogP contribution in [0, 0.1) is 6.92 Å². The quantitative estimate of drug-likeness (QED) is 0.583. The molecule has 0 spiro atoms. The van der Waals surface area contributed by atoms with E-state index in [9.17, 15) is 4.79 Å². The number of hydrogen-bond acceptors (Lipinski definition) is 3. The number of nitrogens with zero attached hydrogens (tertiary/aromatic N) is 4. The second-order valence-corrected chi connectivity index (χ2v) is 8.24. The van der Waals surface area contributed by atoms with E-state index in [1.54, 1.807) is 0 Å². The Bertz CT molecular complexity index is 1020. The van der Waals surface area contributed by atoms with Crippen LogP contribution in [0.25, 0.3) is 0 Å². The lowest BCUT2D eigenvalue weighted by molar-refractivity contribution is -0.131. The standard InChI is InChI=1S/C22H22Cl2N4O/c1-15-25-26-22(28(15)14-16-7-9-18(23)10-8-16)20-6-3-11-27(20)21(29)13-17-4-2-5-19(24)12-17/h2,4-5,7-10,12,20H,3,6,11,13-14H2,1H3/t20-/m1/s1. The summed E-state index contributed by atoms with van der Waals surface area (Å²) >= 11 is 12.1. The van der Waals surface area contributed by atoms with Gasteiger partial charge in [0.05, 0.1) is 19.0 Å². The summed E-state index contributed by atoms with van der Waals surface area (Å²) in [7, 11) is 0. The molecule has 1 saturated heterocycles. The van der Waals surface area contributed by atoms with Gasteiger partial charge in [0, 0.05) is 16.6 Å². The van der Waals surface area contributed by atoms with E-state index in [2.05, 4.69) is 14.8 Å². The fraction of sp³-hybridized carbons (Fsp3) is 0.318. The van der Waals surface area contributed by atoms with Gasteiger partial charge in [0.2, 0.25) is 5.91 Å². The zero-order valence-electron chi connectivity index (χ0n) is 16.2. The van der Waals surface area contributed by atoms with Crippen LogP contribution in [0.5, 0.6) is 0 Å². The normalized spacial score (nSPS) is 16.4. The Labute approximate surface area is 180 Å². The smallest absolute Gasteiger partial charge is 0.227 e. The minimum Gasteiger partial charge on any atom is -0.332 e. The van der Waals surface area contributed by atoms with Crippen molar-refractivity contribution in [1.82, 2.24) is 19.7 Å². The first-order chi connectivity index (χ1) is 14.0. The molecule has 0 unspecified atom stereocenters. The third-order valence-electron chi connectivity index (χ3n) is 5.33. The zero-order chi connectivity index (χ0) is 20.4. The highest BCUT2D eigenvalue weighted by molar-refractivity contribution is 6.30. The maximum Gasteiger partial charge on any atom is 0.227 e. The molecule has 0 radical (unpaired) electrons. The van der Waals surface area contributed by atoms with Crippen LogP contribution < -0.4 is 0 Å². The van der Waals surface area contributed by atoms with Gasteiger partial charge in [-0.2, -0.15) is 0 Å². The lowest BCUT2D eigenvalue weighted by Gasteiger charge is -2.25. The summed E-state index contributed by atoms with van der Waals surface area (Å²) in [6.45, 7) is 3.33. The van der Waals surface area contributed by atoms with E-state index >= 15 is 0 Å². The molecular formula is C22H22Cl2N4O. The predicted molar refractivity (Wildman–Crippen MR) is 114 cm³/mol. The maximum absolute atomic E-state index is 13.0. The number of aryl methyl sites for hydroxylation is 1. The van der Waals surface area contributed by atoms with E-state index < -0.39 is 0 Å². The second-order valence-electron chi connectivity index (χ2n) is 7.37. The van der Waals surface area contributed by atoms with Crippen LogP contribution in [0.2, 0.25) is 10.0 Å². The molecule has 150 valence electrons. The minimum absolute atomic E-state index is 0.0600. The number of aromatic nitrogens is 3. The number of likely N-dealkylation sites (tertiary alicyclic amines) is 1. The SMILES string of the molecule is Cc1nnc([C@H]2CCCN2C(=O)Cc2cccc(Cl)c2)n1Cc1ccc(Cl)cc1. The predicted octanol–water partition coefficient (Wildman–Crippen LogP) is 4.85. The van der Waals surface area contributed by atoms with Crippen molar-refractivity contribution in [2.75, 3.05) is 6.54 Å². The van der Waals surface area contributed by atoms with Gasteiger partial charge in [-0.25, -0.2) is 0 Å². The lowest BCUT2D eigenvalue weighted by atomic mass is 10.1. The van der Waals surface area contributed by atoms with E-state index in [4.69, 9.17) is 23.2 Å². The van der Waals surface area contributed by atoms with E-state index in [0.717, 1.165) is 42.2 Å². The summed E-state index contributed by atoms with van der Waals surface area (Å²) in [4.78, 5) is 15.0. The molecule has 29 heavy (non-hydrogen) atoms. The molecule has 1 fully saturated rings. The maximum atomic E-state index is 13.0. The van der Waals surface area contributed by atoms with E-state index in [-0.39, 0.29) is 11.9 Å². The van der Waals surface area contributed by atoms with Crippen molar-refractivity contribution in [2.24, 2.45) is 0 Å². The second kappa shape index (κ2) is 8.56. The fourth-order valence-electron chi connectivity index (χ4n) is 3.87. The molecule has 3 aromatic rings. The Hall–Kier alpha value is -2.37. The van der Waals surface area contributed by atoms with E-state index in [1.807, 2.05) is 60.4 Å². The van der Waals surface area contributed by atoms with E-state index in [0.29, 0.717) is 23.0 Å². The molecule has 1 aromatic heterocycles. The number of carbonyl (C=O) groups excluding carboxylic acids is 1. The molecule has 2 aromatic carbocycles. The first-order valence-electron chi connectivity index (χ1n) is 9.69. The molecule has 5 nitrogen and oxygen atoms in total. The number of carbonyl (C=O) groups is 1. The molecule has 0 bridgehead atoms. The van der Waals surface area contributed by atoms with E-state index in [1.165, 1.54) is 0 Å². The number of halogens is 2. The summed E-state index contributed by atoms with van der Waals surface area (Å²) < 4.78 is 2.10. The van der Waals surface area contributed by atoms with Gasteiger partial charge in [-0.1, -0.05) is 47.5 Å². The van der Waals surface area contributed by atoms with Gasteiger partial charge in [-0.15, -0.1) is 10.2 Å². The van der Waals surface area contributed by atoms with Gasteiger partial charge in [-0.05, 0) is 55.2 Å². The molecule has 1 atom stereocenters. The molecule has 2 heterocycles. The Balaban J connectivity index is 1.55. The summed E-state index contributed by atoms with van der Waals surface area (Å²) in [5, 5.41) is 10.1. The van der Waals surface area contributed by atoms with Gasteiger partial charge in [0.1, 0.15) is 5.82 Å². The molecule has 1 amide bonds. The van der Waals surface area contributed by atoms with Gasteiger partial charge >= 0.3 is 0 Å². The first kappa shape index (κ1) is 19.9. The van der Waals surface area contributed by atoms with Crippen LogP contribution in [0.15, 0.2) is 48.5 Å². The number of benzene rings is 2. The van der Waals surface area contributed by atoms with Gasteiger partial charge in [-0.3, -0.25) is 4.79 Å². The summed E-state index contributed by atoms with van der Waals surface area (Å²) in [6, 6.07) is 15.2. The minimum atomic E-state index is -0.0600. The summed E-state index contributed by atoms with van der Waals surface area (Å²) in [5.74, 6) is 1.77. The topological polar surface area (TPSA) is 51.0 Å². The van der Waals surface area contributed by atoms with Gasteiger partial charge < -0.3 is 9.47 Å². The van der Waals surface area contributed by atoms with Crippen molar-refractivity contribution < 1.29 is 4.79 Å². The summed E-state index contributed by atoms with van der Waals surface area (Å²) in [6.07, 6.45) is 2.18. The Morgan fingerprint density at radius 3 is 2.62 bits per heavy atom. The highest BCUT2D eigenvalue weighted by atomic mass is 35.5. The highest BCUT2D eigenvalue weighted by Gasteiger charge is 2.33. The number of rotatable bonds is 5. The highest BCUT2D eigenvalue weighted by Crippen LogP contribution is 2.32. The van der Waals surface area contributed by atoms with Crippen LogP contribution in [-0.2, 0) is 17.8 Å². The Morgan fingerprint density at radius 2 is 1.86 bits per heavy atom. The lowest BCUT2D eigenvalue weighted by Crippen LogP contribution is -2.33. The Morgan fingerprint density at radius 1 is 1.07 bits per heavy atom. The van der Waals surface area contributed by atoms with Crippen LogP contribution in [-0.4, -0.2) is 32.1 Å². The molecule has 1 aliphatic heterocycles. The van der Waals surface area contributed by atoms with Crippen LogP contribution >= 0.6 is 23.2 Å². The van der Waals surface area contributed by atoms with Crippen molar-refractivity contribution >= 4 is 29.1 Å². The number of amides is 1. The van der Waals surface area contributed by atoms with Gasteiger partial charge in [0.25, 0.3) is 0 Å². The molecule has 0 N–H and O–H groups in total. The van der Waals surface area contributed by atoms with Crippen LogP contribution in [0.4, 0.5) is 0 Å². The molecular weight excluding hydrogens is 407 g/mol.